The molecule has 0 aliphatic carbocycles. The Hall–Kier alpha value is -4.01. The van der Waals surface area contributed by atoms with Gasteiger partial charge in [-0.15, -0.1) is 0 Å². The number of benzene rings is 2. The Morgan fingerprint density at radius 3 is 2.20 bits per heavy atom. The van der Waals surface area contributed by atoms with Crippen LogP contribution in [0.4, 0.5) is 5.69 Å². The summed E-state index contributed by atoms with van der Waals surface area (Å²) in [5.74, 6) is 0.0324. The fourth-order valence-corrected chi connectivity index (χ4v) is 4.49. The number of hydrogen-bond donors (Lipinski definition) is 1. The summed E-state index contributed by atoms with van der Waals surface area (Å²) in [6, 6.07) is 10.8. The maximum atomic E-state index is 13.7. The second kappa shape index (κ2) is 9.69. The van der Waals surface area contributed by atoms with Gasteiger partial charge in [0.05, 0.1) is 30.9 Å². The highest BCUT2D eigenvalue weighted by Gasteiger charge is 2.28. The number of likely N-dealkylation sites (tertiary alicyclic amines) is 1. The number of primary amides is 1. The Morgan fingerprint density at radius 1 is 1.00 bits per heavy atom. The van der Waals surface area contributed by atoms with Gasteiger partial charge in [-0.1, -0.05) is 6.07 Å². The molecule has 2 N–H and O–H groups in total. The number of carbonyl (C=O) groups excluding carboxylic acids is 2. The number of nitrogens with two attached hydrogens (primary N) is 1. The van der Waals surface area contributed by atoms with Crippen molar-refractivity contribution in [3.63, 3.8) is 0 Å². The summed E-state index contributed by atoms with van der Waals surface area (Å²) in [4.78, 5) is 42.6. The smallest absolute Gasteiger partial charge is 0.263 e. The van der Waals surface area contributed by atoms with Crippen LogP contribution in [0.1, 0.15) is 23.2 Å². The van der Waals surface area contributed by atoms with Crippen LogP contribution in [0.3, 0.4) is 0 Å². The van der Waals surface area contributed by atoms with Gasteiger partial charge >= 0.3 is 0 Å². The summed E-state index contributed by atoms with van der Waals surface area (Å²) < 4.78 is 12.4. The second-order valence-corrected chi connectivity index (χ2v) is 8.85. The summed E-state index contributed by atoms with van der Waals surface area (Å²) in [5.41, 5.74) is 7.11. The van der Waals surface area contributed by atoms with E-state index >= 15 is 0 Å². The molecule has 0 saturated carbocycles. The van der Waals surface area contributed by atoms with E-state index in [0.29, 0.717) is 59.5 Å². The van der Waals surface area contributed by atoms with Gasteiger partial charge in [0.15, 0.2) is 11.5 Å². The third kappa shape index (κ3) is 4.53. The predicted octanol–water partition coefficient (Wildman–Crippen LogP) is 2.41. The maximum absolute atomic E-state index is 13.7. The molecular weight excluding hydrogens is 448 g/mol. The first-order chi connectivity index (χ1) is 16.7. The number of methoxy groups -OCH3 is 2. The van der Waals surface area contributed by atoms with Gasteiger partial charge in [0.25, 0.3) is 11.5 Å². The van der Waals surface area contributed by atoms with Crippen molar-refractivity contribution < 1.29 is 19.1 Å². The summed E-state index contributed by atoms with van der Waals surface area (Å²) >= 11 is 0. The zero-order valence-corrected chi connectivity index (χ0v) is 20.4. The molecule has 1 aliphatic heterocycles. The molecule has 0 spiro atoms. The van der Waals surface area contributed by atoms with E-state index in [4.69, 9.17) is 15.2 Å². The lowest BCUT2D eigenvalue weighted by atomic mass is 9.95. The zero-order chi connectivity index (χ0) is 25.3. The van der Waals surface area contributed by atoms with Gasteiger partial charge in [0.1, 0.15) is 0 Å². The van der Waals surface area contributed by atoms with Gasteiger partial charge in [0, 0.05) is 50.4 Å². The number of nitrogens with zero attached hydrogens (tertiary/aromatic N) is 3. The number of hydrogen-bond acceptors (Lipinski definition) is 6. The zero-order valence-electron chi connectivity index (χ0n) is 20.4. The highest BCUT2D eigenvalue weighted by molar-refractivity contribution is 6.07. The molecule has 2 amide bonds. The van der Waals surface area contributed by atoms with Crippen LogP contribution in [0.5, 0.6) is 11.5 Å². The van der Waals surface area contributed by atoms with Crippen LogP contribution in [0, 0.1) is 5.92 Å². The third-order valence-corrected chi connectivity index (χ3v) is 6.56. The van der Waals surface area contributed by atoms with Crippen LogP contribution in [-0.2, 0) is 4.79 Å². The van der Waals surface area contributed by atoms with Gasteiger partial charge in [-0.2, -0.15) is 0 Å². The van der Waals surface area contributed by atoms with Crippen LogP contribution < -0.4 is 25.7 Å². The summed E-state index contributed by atoms with van der Waals surface area (Å²) in [6.07, 6.45) is 2.62. The number of ether oxygens (including phenoxy) is 2. The monoisotopic (exact) mass is 478 g/mol. The molecule has 4 rings (SSSR count). The van der Waals surface area contributed by atoms with E-state index in [1.807, 2.05) is 43.3 Å². The Kier molecular flexibility index (Phi) is 6.68. The van der Waals surface area contributed by atoms with E-state index in [9.17, 15) is 14.4 Å². The standard InChI is InChI=1S/C26H30N4O5/c1-28(2)17-6-5-7-18(12-17)30-15-21(25(32)29-10-8-16(9-11-29)24(27)31)19-13-22(34-3)23(35-4)14-20(19)26(30)33/h5-7,12-16H,8-11H2,1-4H3,(H2,27,31). The molecule has 9 nitrogen and oxygen atoms in total. The molecule has 0 radical (unpaired) electrons. The number of anilines is 1. The quantitative estimate of drug-likeness (QED) is 0.583. The predicted molar refractivity (Wildman–Crippen MR) is 135 cm³/mol. The Morgan fingerprint density at radius 2 is 1.63 bits per heavy atom. The average molecular weight is 479 g/mol. The van der Waals surface area contributed by atoms with E-state index < -0.39 is 0 Å². The Labute approximate surface area is 203 Å². The molecule has 184 valence electrons. The van der Waals surface area contributed by atoms with Gasteiger partial charge in [-0.25, -0.2) is 0 Å². The highest BCUT2D eigenvalue weighted by Crippen LogP contribution is 2.33. The fraction of sp³-hybridized carbons (Fsp3) is 0.346. The number of aromatic nitrogens is 1. The number of fused-ring (bicyclic) bond motifs is 1. The van der Waals surface area contributed by atoms with Crippen molar-refractivity contribution in [3.8, 4) is 17.2 Å². The van der Waals surface area contributed by atoms with Crippen molar-refractivity contribution >= 4 is 28.3 Å². The van der Waals surface area contributed by atoms with E-state index in [1.165, 1.54) is 18.8 Å². The van der Waals surface area contributed by atoms with Gasteiger partial charge in [-0.05, 0) is 43.2 Å². The first-order valence-corrected chi connectivity index (χ1v) is 11.4. The van der Waals surface area contributed by atoms with Crippen molar-refractivity contribution in [2.45, 2.75) is 12.8 Å². The van der Waals surface area contributed by atoms with Crippen LogP contribution in [0.15, 0.2) is 47.4 Å². The first-order valence-electron chi connectivity index (χ1n) is 11.4. The molecule has 2 heterocycles. The molecule has 0 unspecified atom stereocenters. The lowest BCUT2D eigenvalue weighted by Gasteiger charge is -2.31. The second-order valence-electron chi connectivity index (χ2n) is 8.85. The van der Waals surface area contributed by atoms with E-state index in [2.05, 4.69) is 0 Å². The molecule has 1 fully saturated rings. The van der Waals surface area contributed by atoms with E-state index in [1.54, 1.807) is 23.2 Å². The number of carbonyl (C=O) groups is 2. The molecule has 0 bridgehead atoms. The lowest BCUT2D eigenvalue weighted by molar-refractivity contribution is -0.123. The number of piperidine rings is 1. The lowest BCUT2D eigenvalue weighted by Crippen LogP contribution is -2.42. The van der Waals surface area contributed by atoms with E-state index in [-0.39, 0.29) is 23.3 Å². The van der Waals surface area contributed by atoms with Gasteiger partial charge in [-0.3, -0.25) is 19.0 Å². The van der Waals surface area contributed by atoms with Crippen molar-refractivity contribution in [2.24, 2.45) is 11.7 Å². The van der Waals surface area contributed by atoms with Gasteiger partial charge in [0.2, 0.25) is 5.91 Å². The minimum atomic E-state index is -0.339. The number of pyridine rings is 1. The minimum absolute atomic E-state index is 0.220. The topological polar surface area (TPSA) is 107 Å². The molecule has 0 atom stereocenters. The molecule has 1 aliphatic rings. The largest absolute Gasteiger partial charge is 0.493 e. The molecule has 1 saturated heterocycles. The molecular formula is C26H30N4O5. The molecule has 2 aromatic carbocycles. The molecule has 35 heavy (non-hydrogen) atoms. The third-order valence-electron chi connectivity index (χ3n) is 6.56. The van der Waals surface area contributed by atoms with Crippen LogP contribution in [-0.4, -0.2) is 62.7 Å². The molecule has 9 heteroatoms. The van der Waals surface area contributed by atoms with Crippen molar-refractivity contribution in [3.05, 3.63) is 58.5 Å². The molecule has 3 aromatic rings. The summed E-state index contributed by atoms with van der Waals surface area (Å²) in [5, 5.41) is 0.825. The SMILES string of the molecule is COc1cc2c(C(=O)N3CCC(C(N)=O)CC3)cn(-c3cccc(N(C)C)c3)c(=O)c2cc1OC. The maximum Gasteiger partial charge on any atom is 0.263 e. The first kappa shape index (κ1) is 24.1. The van der Waals surface area contributed by atoms with Crippen molar-refractivity contribution in [1.82, 2.24) is 9.47 Å². The summed E-state index contributed by atoms with van der Waals surface area (Å²) in [7, 11) is 6.85. The normalized spacial score (nSPS) is 14.1. The minimum Gasteiger partial charge on any atom is -0.493 e. The van der Waals surface area contributed by atoms with Gasteiger partial charge < -0.3 is 25.0 Å². The Bertz CT molecular complexity index is 1340. The van der Waals surface area contributed by atoms with Crippen molar-refractivity contribution in [1.29, 1.82) is 0 Å². The molecule has 1 aromatic heterocycles. The van der Waals surface area contributed by atoms with E-state index in [0.717, 1.165) is 5.69 Å². The average Bonchev–Trinajstić information content (AvgIpc) is 2.87. The Balaban J connectivity index is 1.90. The van der Waals surface area contributed by atoms with Crippen LogP contribution in [0.2, 0.25) is 0 Å². The van der Waals surface area contributed by atoms with Crippen LogP contribution >= 0.6 is 0 Å². The van der Waals surface area contributed by atoms with Crippen molar-refractivity contribution in [2.75, 3.05) is 46.3 Å². The summed E-state index contributed by atoms with van der Waals surface area (Å²) in [6.45, 7) is 0.826. The van der Waals surface area contributed by atoms with Crippen LogP contribution in [0.25, 0.3) is 16.5 Å². The number of amides is 2. The fourth-order valence-electron chi connectivity index (χ4n) is 4.49. The highest BCUT2D eigenvalue weighted by atomic mass is 16.5. The number of rotatable bonds is 6.